The van der Waals surface area contributed by atoms with Crippen LogP contribution in [0.2, 0.25) is 5.02 Å². The zero-order valence-electron chi connectivity index (χ0n) is 11.1. The van der Waals surface area contributed by atoms with E-state index in [2.05, 4.69) is 19.9 Å². The van der Waals surface area contributed by atoms with E-state index < -0.39 is 0 Å². The normalized spacial score (nSPS) is 10.6. The van der Waals surface area contributed by atoms with E-state index in [1.54, 1.807) is 35.4 Å². The molecule has 21 heavy (non-hydrogen) atoms. The molecule has 0 saturated carbocycles. The van der Waals surface area contributed by atoms with Crippen LogP contribution in [0.15, 0.2) is 36.9 Å². The molecule has 0 spiro atoms. The summed E-state index contributed by atoms with van der Waals surface area (Å²) in [5, 5.41) is 0.462. The highest BCUT2D eigenvalue weighted by atomic mass is 35.5. The fraction of sp³-hybridized carbons (Fsp3) is 0.0769. The Morgan fingerprint density at radius 2 is 2.10 bits per heavy atom. The number of hydrogen-bond donors (Lipinski definition) is 1. The molecular weight excluding hydrogens is 292 g/mol. The predicted molar refractivity (Wildman–Crippen MR) is 77.6 cm³/mol. The van der Waals surface area contributed by atoms with Crippen LogP contribution in [0, 0.1) is 6.92 Å². The lowest BCUT2D eigenvalue weighted by Gasteiger charge is -2.08. The Labute approximate surface area is 125 Å². The Bertz CT molecular complexity index is 774. The molecule has 2 aromatic heterocycles. The van der Waals surface area contributed by atoms with Crippen LogP contribution < -0.4 is 10.5 Å². The number of imidazole rings is 1. The molecule has 0 radical (unpaired) electrons. The number of nitrogens with zero attached hydrogens (tertiary/aromatic N) is 5. The Morgan fingerprint density at radius 3 is 2.86 bits per heavy atom. The van der Waals surface area contributed by atoms with Gasteiger partial charge in [-0.05, 0) is 24.6 Å². The number of hydrogen-bond acceptors (Lipinski definition) is 6. The lowest BCUT2D eigenvalue weighted by Crippen LogP contribution is -2.06. The van der Waals surface area contributed by atoms with E-state index in [4.69, 9.17) is 22.1 Å². The maximum absolute atomic E-state index is 6.08. The number of ether oxygens (including phenoxy) is 1. The summed E-state index contributed by atoms with van der Waals surface area (Å²) in [6.45, 7) is 1.93. The third-order valence-electron chi connectivity index (χ3n) is 2.64. The molecule has 0 aliphatic carbocycles. The molecule has 1 aromatic carbocycles. The lowest BCUT2D eigenvalue weighted by molar-refractivity contribution is 0.439. The van der Waals surface area contributed by atoms with Gasteiger partial charge in [0, 0.05) is 12.4 Å². The highest BCUT2D eigenvalue weighted by Crippen LogP contribution is 2.28. The van der Waals surface area contributed by atoms with Gasteiger partial charge in [0.2, 0.25) is 11.9 Å². The Morgan fingerprint density at radius 1 is 1.24 bits per heavy atom. The van der Waals surface area contributed by atoms with Gasteiger partial charge in [-0.15, -0.1) is 0 Å². The summed E-state index contributed by atoms with van der Waals surface area (Å²) in [6.07, 6.45) is 4.86. The minimum absolute atomic E-state index is 0.0486. The van der Waals surface area contributed by atoms with E-state index in [-0.39, 0.29) is 12.0 Å². The first-order valence-corrected chi connectivity index (χ1v) is 6.43. The number of aromatic nitrogens is 5. The average molecular weight is 303 g/mol. The number of nitrogens with two attached hydrogens (primary N) is 1. The molecule has 0 amide bonds. The molecule has 3 aromatic rings. The van der Waals surface area contributed by atoms with Crippen LogP contribution in [0.4, 0.5) is 5.95 Å². The van der Waals surface area contributed by atoms with Crippen molar-refractivity contribution < 1.29 is 4.74 Å². The van der Waals surface area contributed by atoms with Gasteiger partial charge in [-0.25, -0.2) is 4.98 Å². The lowest BCUT2D eigenvalue weighted by atomic mass is 10.2. The fourth-order valence-corrected chi connectivity index (χ4v) is 1.84. The van der Waals surface area contributed by atoms with E-state index in [0.29, 0.717) is 16.7 Å². The molecule has 0 atom stereocenters. The monoisotopic (exact) mass is 302 g/mol. The summed E-state index contributed by atoms with van der Waals surface area (Å²) >= 11 is 6.08. The summed E-state index contributed by atoms with van der Waals surface area (Å²) < 4.78 is 7.20. The number of anilines is 1. The summed E-state index contributed by atoms with van der Waals surface area (Å²) in [5.41, 5.74) is 6.68. The molecule has 8 heteroatoms. The first-order chi connectivity index (χ1) is 10.1. The van der Waals surface area contributed by atoms with Gasteiger partial charge in [0.1, 0.15) is 12.1 Å². The second-order valence-electron chi connectivity index (χ2n) is 4.28. The summed E-state index contributed by atoms with van der Waals surface area (Å²) in [7, 11) is 0. The van der Waals surface area contributed by atoms with Gasteiger partial charge in [-0.2, -0.15) is 15.0 Å². The summed E-state index contributed by atoms with van der Waals surface area (Å²) in [4.78, 5) is 16.1. The van der Waals surface area contributed by atoms with Crippen molar-refractivity contribution in [1.29, 1.82) is 0 Å². The molecule has 0 bridgehead atoms. The van der Waals surface area contributed by atoms with Crippen molar-refractivity contribution in [3.05, 3.63) is 47.5 Å². The standard InChI is InChI=1S/C13H11ClN6O/c1-8-2-3-9(14)10(6-8)21-13-18-11(15)17-12(19-13)20-5-4-16-7-20/h2-7H,1H3,(H2,15,17,18,19). The number of nitrogen functional groups attached to an aromatic ring is 1. The molecule has 106 valence electrons. The van der Waals surface area contributed by atoms with Gasteiger partial charge in [0.15, 0.2) is 0 Å². The van der Waals surface area contributed by atoms with Crippen molar-refractivity contribution in [2.75, 3.05) is 5.73 Å². The van der Waals surface area contributed by atoms with Gasteiger partial charge >= 0.3 is 6.01 Å². The van der Waals surface area contributed by atoms with E-state index in [9.17, 15) is 0 Å². The minimum atomic E-state index is 0.0486. The predicted octanol–water partition coefficient (Wildman–Crippen LogP) is 2.39. The molecule has 2 N–H and O–H groups in total. The fourth-order valence-electron chi connectivity index (χ4n) is 1.69. The van der Waals surface area contributed by atoms with E-state index in [1.165, 1.54) is 0 Å². The van der Waals surface area contributed by atoms with Crippen molar-refractivity contribution in [3.63, 3.8) is 0 Å². The summed E-state index contributed by atoms with van der Waals surface area (Å²) in [6, 6.07) is 5.49. The van der Waals surface area contributed by atoms with Crippen LogP contribution in [0.5, 0.6) is 11.8 Å². The zero-order chi connectivity index (χ0) is 14.8. The highest BCUT2D eigenvalue weighted by Gasteiger charge is 2.10. The third-order valence-corrected chi connectivity index (χ3v) is 2.96. The second-order valence-corrected chi connectivity index (χ2v) is 4.69. The number of aryl methyl sites for hydroxylation is 1. The maximum atomic E-state index is 6.08. The zero-order valence-corrected chi connectivity index (χ0v) is 11.8. The molecule has 0 fully saturated rings. The number of halogens is 1. The van der Waals surface area contributed by atoms with Gasteiger partial charge in [-0.3, -0.25) is 4.57 Å². The highest BCUT2D eigenvalue weighted by molar-refractivity contribution is 6.32. The maximum Gasteiger partial charge on any atom is 0.328 e. The first kappa shape index (κ1) is 13.3. The van der Waals surface area contributed by atoms with Gasteiger partial charge < -0.3 is 10.5 Å². The third kappa shape index (κ3) is 2.92. The van der Waals surface area contributed by atoms with Crippen molar-refractivity contribution in [2.45, 2.75) is 6.92 Å². The Kier molecular flexibility index (Phi) is 3.41. The quantitative estimate of drug-likeness (QED) is 0.798. The average Bonchev–Trinajstić information content (AvgIpc) is 2.96. The largest absolute Gasteiger partial charge is 0.423 e. The Balaban J connectivity index is 1.97. The first-order valence-electron chi connectivity index (χ1n) is 6.06. The topological polar surface area (TPSA) is 91.7 Å². The van der Waals surface area contributed by atoms with Gasteiger partial charge in [0.25, 0.3) is 0 Å². The molecule has 7 nitrogen and oxygen atoms in total. The van der Waals surface area contributed by atoms with Crippen LogP contribution in [0.25, 0.3) is 5.95 Å². The number of rotatable bonds is 3. The summed E-state index contributed by atoms with van der Waals surface area (Å²) in [5.74, 6) is 0.824. The van der Waals surface area contributed by atoms with Crippen LogP contribution in [0.3, 0.4) is 0 Å². The van der Waals surface area contributed by atoms with Gasteiger partial charge in [0.05, 0.1) is 5.02 Å². The molecule has 0 aliphatic rings. The van der Waals surface area contributed by atoms with E-state index >= 15 is 0 Å². The molecule has 0 saturated heterocycles. The molecule has 0 unspecified atom stereocenters. The van der Waals surface area contributed by atoms with E-state index in [1.807, 2.05) is 13.0 Å². The van der Waals surface area contributed by atoms with Crippen molar-refractivity contribution in [1.82, 2.24) is 24.5 Å². The van der Waals surface area contributed by atoms with Crippen LogP contribution in [0.1, 0.15) is 5.56 Å². The number of benzene rings is 1. The molecular formula is C13H11ClN6O. The smallest absolute Gasteiger partial charge is 0.328 e. The van der Waals surface area contributed by atoms with Gasteiger partial charge in [-0.1, -0.05) is 17.7 Å². The van der Waals surface area contributed by atoms with Crippen LogP contribution in [-0.4, -0.2) is 24.5 Å². The minimum Gasteiger partial charge on any atom is -0.423 e. The van der Waals surface area contributed by atoms with Crippen molar-refractivity contribution >= 4 is 17.5 Å². The Hall–Kier alpha value is -2.67. The van der Waals surface area contributed by atoms with Crippen LogP contribution in [-0.2, 0) is 0 Å². The van der Waals surface area contributed by atoms with Crippen LogP contribution >= 0.6 is 11.6 Å². The molecule has 2 heterocycles. The SMILES string of the molecule is Cc1ccc(Cl)c(Oc2nc(N)nc(-n3ccnc3)n2)c1. The molecule has 0 aliphatic heterocycles. The molecule has 3 rings (SSSR count). The van der Waals surface area contributed by atoms with Crippen molar-refractivity contribution in [2.24, 2.45) is 0 Å². The second kappa shape index (κ2) is 5.37. The van der Waals surface area contributed by atoms with E-state index in [0.717, 1.165) is 5.56 Å². The van der Waals surface area contributed by atoms with Crippen molar-refractivity contribution in [3.8, 4) is 17.7 Å².